The summed E-state index contributed by atoms with van der Waals surface area (Å²) >= 11 is 0. The number of rotatable bonds is 12. The van der Waals surface area contributed by atoms with Crippen molar-refractivity contribution in [3.63, 3.8) is 0 Å². The Hall–Kier alpha value is -3.51. The van der Waals surface area contributed by atoms with Crippen molar-refractivity contribution < 1.29 is 34.2 Å². The largest absolute Gasteiger partial charge is 0.480 e. The average molecular weight is 437 g/mol. The summed E-state index contributed by atoms with van der Waals surface area (Å²) in [6.07, 6.45) is -0.355. The number of carbonyl (C=O) groups is 5. The summed E-state index contributed by atoms with van der Waals surface area (Å²) in [6, 6.07) is 3.73. The van der Waals surface area contributed by atoms with Gasteiger partial charge in [-0.05, 0) is 18.9 Å². The standard InChI is InChI=1S/C19H27N5O7/c1-10(16(27)24-14(9-25)19(30)31)22-18(29)13(8-15(21)26)23-17(28)12(20)7-11-5-3-2-4-6-11/h2-6,10,12-14,25H,7-9,20H2,1H3,(H2,21,26)(H,22,29)(H,23,28)(H,24,27)(H,30,31). The number of amides is 4. The Morgan fingerprint density at radius 2 is 1.52 bits per heavy atom. The first-order chi connectivity index (χ1) is 14.5. The molecule has 0 aliphatic heterocycles. The second-order valence-corrected chi connectivity index (χ2v) is 6.84. The Balaban J connectivity index is 2.75. The van der Waals surface area contributed by atoms with Crippen molar-refractivity contribution >= 4 is 29.6 Å². The number of hydrogen-bond donors (Lipinski definition) is 7. The molecular weight excluding hydrogens is 410 g/mol. The number of carboxylic acid groups (broad SMARTS) is 1. The Labute approximate surface area is 178 Å². The number of aliphatic carboxylic acids is 1. The van der Waals surface area contributed by atoms with Gasteiger partial charge in [0, 0.05) is 0 Å². The minimum absolute atomic E-state index is 0.189. The molecule has 4 atom stereocenters. The average Bonchev–Trinajstić information content (AvgIpc) is 2.71. The van der Waals surface area contributed by atoms with Gasteiger partial charge in [0.2, 0.25) is 23.6 Å². The van der Waals surface area contributed by atoms with Gasteiger partial charge in [-0.15, -0.1) is 0 Å². The second kappa shape index (κ2) is 12.2. The number of carbonyl (C=O) groups excluding carboxylic acids is 4. The van der Waals surface area contributed by atoms with Gasteiger partial charge in [-0.1, -0.05) is 30.3 Å². The molecule has 12 heteroatoms. The van der Waals surface area contributed by atoms with Crippen LogP contribution in [0.3, 0.4) is 0 Å². The van der Waals surface area contributed by atoms with E-state index >= 15 is 0 Å². The summed E-state index contributed by atoms with van der Waals surface area (Å²) in [5.74, 6) is -4.81. The van der Waals surface area contributed by atoms with Crippen LogP contribution in [0, 0.1) is 0 Å². The molecule has 170 valence electrons. The smallest absolute Gasteiger partial charge is 0.328 e. The summed E-state index contributed by atoms with van der Waals surface area (Å²) in [5, 5.41) is 24.5. The molecule has 0 spiro atoms. The highest BCUT2D eigenvalue weighted by molar-refractivity contribution is 5.96. The van der Waals surface area contributed by atoms with Crippen LogP contribution in [0.15, 0.2) is 30.3 Å². The van der Waals surface area contributed by atoms with E-state index in [4.69, 9.17) is 21.7 Å². The van der Waals surface area contributed by atoms with Gasteiger partial charge in [0.05, 0.1) is 19.1 Å². The van der Waals surface area contributed by atoms with E-state index in [2.05, 4.69) is 10.6 Å². The van der Waals surface area contributed by atoms with Crippen molar-refractivity contribution in [2.75, 3.05) is 6.61 Å². The van der Waals surface area contributed by atoms with Gasteiger partial charge in [0.1, 0.15) is 18.1 Å². The minimum Gasteiger partial charge on any atom is -0.480 e. The molecular formula is C19H27N5O7. The number of benzene rings is 1. The van der Waals surface area contributed by atoms with E-state index in [1.54, 1.807) is 30.3 Å². The molecule has 4 unspecified atom stereocenters. The van der Waals surface area contributed by atoms with Crippen molar-refractivity contribution in [1.29, 1.82) is 0 Å². The van der Waals surface area contributed by atoms with Crippen LogP contribution in [0.5, 0.6) is 0 Å². The fourth-order valence-corrected chi connectivity index (χ4v) is 2.51. The van der Waals surface area contributed by atoms with E-state index in [0.29, 0.717) is 0 Å². The molecule has 9 N–H and O–H groups in total. The molecule has 0 bridgehead atoms. The highest BCUT2D eigenvalue weighted by atomic mass is 16.4. The maximum atomic E-state index is 12.5. The van der Waals surface area contributed by atoms with Crippen LogP contribution >= 0.6 is 0 Å². The van der Waals surface area contributed by atoms with Crippen LogP contribution in [0.4, 0.5) is 0 Å². The first-order valence-electron chi connectivity index (χ1n) is 9.37. The van der Waals surface area contributed by atoms with Crippen molar-refractivity contribution in [2.24, 2.45) is 11.5 Å². The van der Waals surface area contributed by atoms with E-state index in [1.807, 2.05) is 5.32 Å². The highest BCUT2D eigenvalue weighted by Gasteiger charge is 2.29. The van der Waals surface area contributed by atoms with Gasteiger partial charge >= 0.3 is 5.97 Å². The van der Waals surface area contributed by atoms with Crippen molar-refractivity contribution in [3.8, 4) is 0 Å². The predicted octanol–water partition coefficient (Wildman–Crippen LogP) is -3.02. The molecule has 0 aromatic heterocycles. The van der Waals surface area contributed by atoms with Gasteiger partial charge in [-0.25, -0.2) is 4.79 Å². The second-order valence-electron chi connectivity index (χ2n) is 6.84. The Morgan fingerprint density at radius 3 is 2.03 bits per heavy atom. The molecule has 0 saturated heterocycles. The molecule has 0 heterocycles. The summed E-state index contributed by atoms with van der Waals surface area (Å²) in [5.41, 5.74) is 11.8. The normalized spacial score (nSPS) is 14.4. The zero-order chi connectivity index (χ0) is 23.6. The molecule has 12 nitrogen and oxygen atoms in total. The fourth-order valence-electron chi connectivity index (χ4n) is 2.51. The van der Waals surface area contributed by atoms with Gasteiger partial charge in [-0.3, -0.25) is 19.2 Å². The summed E-state index contributed by atoms with van der Waals surface area (Å²) < 4.78 is 0. The molecule has 0 fully saturated rings. The molecule has 0 radical (unpaired) electrons. The first-order valence-corrected chi connectivity index (χ1v) is 9.37. The molecule has 1 rings (SSSR count). The third kappa shape index (κ3) is 8.80. The van der Waals surface area contributed by atoms with E-state index in [1.165, 1.54) is 6.92 Å². The van der Waals surface area contributed by atoms with Crippen LogP contribution in [0.25, 0.3) is 0 Å². The molecule has 4 amide bonds. The fraction of sp³-hybridized carbons (Fsp3) is 0.421. The number of nitrogens with two attached hydrogens (primary N) is 2. The number of aliphatic hydroxyl groups is 1. The topological polar surface area (TPSA) is 214 Å². The first kappa shape index (κ1) is 25.5. The van der Waals surface area contributed by atoms with Crippen molar-refractivity contribution in [2.45, 2.75) is 43.9 Å². The lowest BCUT2D eigenvalue weighted by atomic mass is 10.1. The van der Waals surface area contributed by atoms with Gasteiger partial charge in [0.15, 0.2) is 0 Å². The predicted molar refractivity (Wildman–Crippen MR) is 108 cm³/mol. The molecule has 0 aliphatic carbocycles. The quantitative estimate of drug-likeness (QED) is 0.178. The third-order valence-electron chi connectivity index (χ3n) is 4.22. The molecule has 31 heavy (non-hydrogen) atoms. The van der Waals surface area contributed by atoms with E-state index < -0.39 is 66.8 Å². The number of nitrogens with one attached hydrogen (secondary N) is 3. The summed E-state index contributed by atoms with van der Waals surface area (Å²) in [6.45, 7) is 0.412. The van der Waals surface area contributed by atoms with E-state index in [9.17, 15) is 24.0 Å². The van der Waals surface area contributed by atoms with Gasteiger partial charge in [-0.2, -0.15) is 0 Å². The van der Waals surface area contributed by atoms with Crippen LogP contribution in [-0.4, -0.2) is 70.6 Å². The minimum atomic E-state index is -1.55. The molecule has 1 aromatic rings. The number of primary amides is 1. The maximum absolute atomic E-state index is 12.5. The third-order valence-corrected chi connectivity index (χ3v) is 4.22. The maximum Gasteiger partial charge on any atom is 0.328 e. The lowest BCUT2D eigenvalue weighted by molar-refractivity contribution is -0.143. The SMILES string of the molecule is CC(NC(=O)C(CC(N)=O)NC(=O)C(N)Cc1ccccc1)C(=O)NC(CO)C(=O)O. The van der Waals surface area contributed by atoms with E-state index in [0.717, 1.165) is 5.56 Å². The van der Waals surface area contributed by atoms with Crippen LogP contribution < -0.4 is 27.4 Å². The van der Waals surface area contributed by atoms with Crippen LogP contribution in [0.2, 0.25) is 0 Å². The van der Waals surface area contributed by atoms with Gasteiger partial charge in [0.25, 0.3) is 0 Å². The highest BCUT2D eigenvalue weighted by Crippen LogP contribution is 2.03. The Kier molecular flexibility index (Phi) is 10.1. The van der Waals surface area contributed by atoms with Crippen LogP contribution in [0.1, 0.15) is 18.9 Å². The van der Waals surface area contributed by atoms with Crippen LogP contribution in [-0.2, 0) is 30.4 Å². The molecule has 0 saturated carbocycles. The van der Waals surface area contributed by atoms with Crippen molar-refractivity contribution in [1.82, 2.24) is 16.0 Å². The number of hydrogen-bond acceptors (Lipinski definition) is 7. The van der Waals surface area contributed by atoms with E-state index in [-0.39, 0.29) is 6.42 Å². The Morgan fingerprint density at radius 1 is 0.935 bits per heavy atom. The zero-order valence-corrected chi connectivity index (χ0v) is 16.9. The summed E-state index contributed by atoms with van der Waals surface area (Å²) in [4.78, 5) is 59.1. The van der Waals surface area contributed by atoms with Crippen molar-refractivity contribution in [3.05, 3.63) is 35.9 Å². The molecule has 0 aliphatic rings. The number of aliphatic hydroxyl groups excluding tert-OH is 1. The monoisotopic (exact) mass is 437 g/mol. The Bertz CT molecular complexity index is 802. The lowest BCUT2D eigenvalue weighted by Crippen LogP contribution is -2.57. The summed E-state index contributed by atoms with van der Waals surface area (Å²) in [7, 11) is 0. The zero-order valence-electron chi connectivity index (χ0n) is 16.9. The van der Waals surface area contributed by atoms with Gasteiger partial charge < -0.3 is 37.6 Å². The number of carboxylic acids is 1. The molecule has 1 aromatic carbocycles. The lowest BCUT2D eigenvalue weighted by Gasteiger charge is -2.22.